The number of fused-ring (bicyclic) bond motifs is 1. The van der Waals surface area contributed by atoms with E-state index in [0.29, 0.717) is 5.15 Å². The van der Waals surface area contributed by atoms with Gasteiger partial charge in [0.1, 0.15) is 11.0 Å². The van der Waals surface area contributed by atoms with Crippen LogP contribution < -0.4 is 4.90 Å². The molecule has 3 rings (SSSR count). The van der Waals surface area contributed by atoms with Crippen LogP contribution in [0.1, 0.15) is 26.7 Å². The fourth-order valence-corrected chi connectivity index (χ4v) is 2.97. The summed E-state index contributed by atoms with van der Waals surface area (Å²) in [5, 5.41) is 5.27. The highest BCUT2D eigenvalue weighted by Gasteiger charge is 2.14. The van der Waals surface area contributed by atoms with E-state index in [1.54, 1.807) is 0 Å². The van der Waals surface area contributed by atoms with Crippen molar-refractivity contribution in [3.63, 3.8) is 0 Å². The van der Waals surface area contributed by atoms with Gasteiger partial charge < -0.3 is 4.90 Å². The van der Waals surface area contributed by atoms with E-state index >= 15 is 0 Å². The first-order chi connectivity index (χ1) is 11.2. The number of halogens is 1. The molecule has 23 heavy (non-hydrogen) atoms. The number of rotatable bonds is 6. The molecule has 5 heteroatoms. The van der Waals surface area contributed by atoms with Gasteiger partial charge in [-0.25, -0.2) is 4.98 Å². The number of anilines is 1. The predicted molar refractivity (Wildman–Crippen MR) is 96.2 cm³/mol. The summed E-state index contributed by atoms with van der Waals surface area (Å²) in [6, 6.07) is 14.0. The largest absolute Gasteiger partial charge is 0.356 e. The van der Waals surface area contributed by atoms with Crippen molar-refractivity contribution < 1.29 is 0 Å². The van der Waals surface area contributed by atoms with Crippen molar-refractivity contribution in [2.45, 2.75) is 26.7 Å². The van der Waals surface area contributed by atoms with E-state index in [1.165, 1.54) is 0 Å². The van der Waals surface area contributed by atoms with Crippen LogP contribution in [0, 0.1) is 0 Å². The lowest BCUT2D eigenvalue weighted by Crippen LogP contribution is -2.27. The molecule has 0 bridgehead atoms. The van der Waals surface area contributed by atoms with Gasteiger partial charge in [0.2, 0.25) is 0 Å². The SMILES string of the molecule is CCCN(CCC)c1cc(Cl)nc2cc(-c3ccccc3)nn12. The van der Waals surface area contributed by atoms with Gasteiger partial charge in [-0.2, -0.15) is 9.61 Å². The Bertz CT molecular complexity index is 776. The average Bonchev–Trinajstić information content (AvgIpc) is 2.98. The topological polar surface area (TPSA) is 33.4 Å². The monoisotopic (exact) mass is 328 g/mol. The van der Waals surface area contributed by atoms with E-state index in [2.05, 4.69) is 35.9 Å². The quantitative estimate of drug-likeness (QED) is 0.616. The van der Waals surface area contributed by atoms with Gasteiger partial charge >= 0.3 is 0 Å². The standard InChI is InChI=1S/C18H21ClN4/c1-3-10-22(11-4-2)18-13-16(19)20-17-12-15(21-23(17)18)14-8-6-5-7-9-14/h5-9,12-13H,3-4,10-11H2,1-2H3. The summed E-state index contributed by atoms with van der Waals surface area (Å²) in [5.41, 5.74) is 2.77. The van der Waals surface area contributed by atoms with Crippen molar-refractivity contribution in [3.05, 3.63) is 47.6 Å². The molecule has 2 aromatic heterocycles. The van der Waals surface area contributed by atoms with Gasteiger partial charge in [-0.3, -0.25) is 0 Å². The molecule has 0 aliphatic carbocycles. The lowest BCUT2D eigenvalue weighted by Gasteiger charge is -2.24. The average molecular weight is 329 g/mol. The van der Waals surface area contributed by atoms with Crippen molar-refractivity contribution >= 4 is 23.1 Å². The summed E-state index contributed by atoms with van der Waals surface area (Å²) in [4.78, 5) is 6.75. The second-order valence-electron chi connectivity index (χ2n) is 5.59. The Balaban J connectivity index is 2.12. The molecule has 0 spiro atoms. The van der Waals surface area contributed by atoms with Crippen molar-refractivity contribution in [3.8, 4) is 11.3 Å². The molecule has 1 aromatic carbocycles. The van der Waals surface area contributed by atoms with Gasteiger partial charge in [-0.15, -0.1) is 0 Å². The first kappa shape index (κ1) is 15.8. The smallest absolute Gasteiger partial charge is 0.159 e. The number of hydrogen-bond acceptors (Lipinski definition) is 3. The molecule has 0 unspecified atom stereocenters. The van der Waals surface area contributed by atoms with Crippen LogP contribution in [-0.2, 0) is 0 Å². The molecule has 120 valence electrons. The van der Waals surface area contributed by atoms with Gasteiger partial charge in [0.15, 0.2) is 5.65 Å². The van der Waals surface area contributed by atoms with Crippen molar-refractivity contribution in [1.29, 1.82) is 0 Å². The Labute approximate surface area is 141 Å². The van der Waals surface area contributed by atoms with Gasteiger partial charge in [0.05, 0.1) is 5.69 Å². The van der Waals surface area contributed by atoms with Gasteiger partial charge in [-0.1, -0.05) is 55.8 Å². The van der Waals surface area contributed by atoms with Crippen LogP contribution in [-0.4, -0.2) is 27.7 Å². The van der Waals surface area contributed by atoms with E-state index < -0.39 is 0 Å². The number of nitrogens with zero attached hydrogens (tertiary/aromatic N) is 4. The minimum Gasteiger partial charge on any atom is -0.356 e. The van der Waals surface area contributed by atoms with E-state index in [0.717, 1.165) is 48.7 Å². The third kappa shape index (κ3) is 3.32. The van der Waals surface area contributed by atoms with Crippen LogP contribution in [0.4, 0.5) is 5.82 Å². The number of aromatic nitrogens is 3. The van der Waals surface area contributed by atoms with Gasteiger partial charge in [-0.05, 0) is 12.8 Å². The summed E-state index contributed by atoms with van der Waals surface area (Å²) >= 11 is 6.24. The summed E-state index contributed by atoms with van der Waals surface area (Å²) in [6.45, 7) is 6.32. The Morgan fingerprint density at radius 3 is 2.39 bits per heavy atom. The van der Waals surface area contributed by atoms with E-state index in [4.69, 9.17) is 16.7 Å². The zero-order valence-electron chi connectivity index (χ0n) is 13.5. The first-order valence-corrected chi connectivity index (χ1v) is 8.47. The lowest BCUT2D eigenvalue weighted by molar-refractivity contribution is 0.716. The molecule has 0 amide bonds. The maximum Gasteiger partial charge on any atom is 0.159 e. The van der Waals surface area contributed by atoms with Crippen molar-refractivity contribution in [1.82, 2.24) is 14.6 Å². The summed E-state index contributed by atoms with van der Waals surface area (Å²) in [5.74, 6) is 1.01. The third-order valence-corrected chi connectivity index (χ3v) is 3.95. The molecule has 3 aromatic rings. The maximum atomic E-state index is 6.24. The molecule has 0 aliphatic heterocycles. The first-order valence-electron chi connectivity index (χ1n) is 8.09. The van der Waals surface area contributed by atoms with Gasteiger partial charge in [0, 0.05) is 30.8 Å². The zero-order valence-corrected chi connectivity index (χ0v) is 14.3. The summed E-state index contributed by atoms with van der Waals surface area (Å²) < 4.78 is 1.90. The number of hydrogen-bond donors (Lipinski definition) is 0. The highest BCUT2D eigenvalue weighted by molar-refractivity contribution is 6.29. The third-order valence-electron chi connectivity index (χ3n) is 3.76. The Kier molecular flexibility index (Phi) is 4.82. The molecule has 0 aliphatic rings. The Morgan fingerprint density at radius 2 is 1.74 bits per heavy atom. The second kappa shape index (κ2) is 7.01. The van der Waals surface area contributed by atoms with E-state index in [9.17, 15) is 0 Å². The molecular formula is C18H21ClN4. The molecule has 0 saturated heterocycles. The highest BCUT2D eigenvalue weighted by Crippen LogP contribution is 2.25. The van der Waals surface area contributed by atoms with Crippen molar-refractivity contribution in [2.24, 2.45) is 0 Å². The van der Waals surface area contributed by atoms with Crippen LogP contribution in [0.15, 0.2) is 42.5 Å². The minimum atomic E-state index is 0.504. The molecule has 0 atom stereocenters. The molecule has 4 nitrogen and oxygen atoms in total. The molecule has 2 heterocycles. The zero-order chi connectivity index (χ0) is 16.2. The molecule has 0 fully saturated rings. The predicted octanol–water partition coefficient (Wildman–Crippen LogP) is 4.68. The van der Waals surface area contributed by atoms with Gasteiger partial charge in [0.25, 0.3) is 0 Å². The molecule has 0 radical (unpaired) electrons. The molecule has 0 N–H and O–H groups in total. The van der Waals surface area contributed by atoms with E-state index in [1.807, 2.05) is 34.8 Å². The lowest BCUT2D eigenvalue weighted by atomic mass is 10.2. The highest BCUT2D eigenvalue weighted by atomic mass is 35.5. The van der Waals surface area contributed by atoms with Crippen LogP contribution in [0.25, 0.3) is 16.9 Å². The summed E-state index contributed by atoms with van der Waals surface area (Å²) in [7, 11) is 0. The van der Waals surface area contributed by atoms with E-state index in [-0.39, 0.29) is 0 Å². The van der Waals surface area contributed by atoms with Crippen LogP contribution >= 0.6 is 11.6 Å². The Morgan fingerprint density at radius 1 is 1.04 bits per heavy atom. The Hall–Kier alpha value is -2.07. The number of benzene rings is 1. The molecular weight excluding hydrogens is 308 g/mol. The minimum absolute atomic E-state index is 0.504. The van der Waals surface area contributed by atoms with Crippen LogP contribution in [0.5, 0.6) is 0 Å². The fraction of sp³-hybridized carbons (Fsp3) is 0.333. The summed E-state index contributed by atoms with van der Waals surface area (Å²) in [6.07, 6.45) is 2.16. The fourth-order valence-electron chi connectivity index (χ4n) is 2.78. The molecule has 0 saturated carbocycles. The second-order valence-corrected chi connectivity index (χ2v) is 5.98. The normalized spacial score (nSPS) is 11.1. The van der Waals surface area contributed by atoms with Crippen LogP contribution in [0.3, 0.4) is 0 Å². The van der Waals surface area contributed by atoms with Crippen molar-refractivity contribution in [2.75, 3.05) is 18.0 Å². The van der Waals surface area contributed by atoms with Crippen LogP contribution in [0.2, 0.25) is 5.15 Å². The maximum absolute atomic E-state index is 6.24.